The van der Waals surface area contributed by atoms with E-state index in [-0.39, 0.29) is 0 Å². The fraction of sp³-hybridized carbons (Fsp3) is 0.200. The Morgan fingerprint density at radius 2 is 2.16 bits per heavy atom. The van der Waals surface area contributed by atoms with Crippen LogP contribution in [0, 0.1) is 6.92 Å². The number of aryl methyl sites for hydroxylation is 1. The Morgan fingerprint density at radius 1 is 1.32 bits per heavy atom. The molecule has 1 aromatic carbocycles. The van der Waals surface area contributed by atoms with Crippen molar-refractivity contribution < 1.29 is 9.90 Å². The van der Waals surface area contributed by atoms with Gasteiger partial charge in [0.15, 0.2) is 0 Å². The van der Waals surface area contributed by atoms with Gasteiger partial charge in [0, 0.05) is 29.8 Å². The average Bonchev–Trinajstić information content (AvgIpc) is 2.81. The number of benzene rings is 1. The largest absolute Gasteiger partial charge is 0.478 e. The lowest BCUT2D eigenvalue weighted by Gasteiger charge is -2.19. The summed E-state index contributed by atoms with van der Waals surface area (Å²) in [6.45, 7) is 2.84. The molecule has 0 spiro atoms. The van der Waals surface area contributed by atoms with Gasteiger partial charge in [-0.25, -0.2) is 4.79 Å². The maximum absolute atomic E-state index is 11.0. The molecule has 1 aliphatic heterocycles. The van der Waals surface area contributed by atoms with Gasteiger partial charge in [-0.2, -0.15) is 0 Å². The van der Waals surface area contributed by atoms with Crippen LogP contribution < -0.4 is 4.90 Å². The molecule has 0 amide bonds. The van der Waals surface area contributed by atoms with Crippen molar-refractivity contribution in [2.75, 3.05) is 11.4 Å². The number of carboxylic acid groups (broad SMARTS) is 1. The third-order valence-electron chi connectivity index (χ3n) is 3.41. The van der Waals surface area contributed by atoms with Crippen LogP contribution >= 0.6 is 0 Å². The molecule has 19 heavy (non-hydrogen) atoms. The van der Waals surface area contributed by atoms with Crippen LogP contribution in [0.5, 0.6) is 0 Å². The highest BCUT2D eigenvalue weighted by Gasteiger charge is 2.21. The average molecular weight is 254 g/mol. The van der Waals surface area contributed by atoms with Crippen molar-refractivity contribution >= 4 is 17.3 Å². The second kappa shape index (κ2) is 4.39. The lowest BCUT2D eigenvalue weighted by atomic mass is 10.1. The van der Waals surface area contributed by atoms with E-state index in [1.54, 1.807) is 18.3 Å². The van der Waals surface area contributed by atoms with Crippen molar-refractivity contribution in [1.82, 2.24) is 4.98 Å². The highest BCUT2D eigenvalue weighted by molar-refractivity contribution is 5.89. The van der Waals surface area contributed by atoms with E-state index < -0.39 is 5.97 Å². The highest BCUT2D eigenvalue weighted by Crippen LogP contribution is 2.34. The topological polar surface area (TPSA) is 53.4 Å². The van der Waals surface area contributed by atoms with Gasteiger partial charge in [-0.15, -0.1) is 0 Å². The van der Waals surface area contributed by atoms with Crippen molar-refractivity contribution in [3.05, 3.63) is 53.3 Å². The first-order valence-corrected chi connectivity index (χ1v) is 6.21. The number of hydrogen-bond acceptors (Lipinski definition) is 3. The molecule has 0 unspecified atom stereocenters. The molecule has 0 radical (unpaired) electrons. The lowest BCUT2D eigenvalue weighted by molar-refractivity contribution is 0.0697. The molecular weight excluding hydrogens is 240 g/mol. The van der Waals surface area contributed by atoms with Gasteiger partial charge in [0.1, 0.15) is 0 Å². The van der Waals surface area contributed by atoms with E-state index in [2.05, 4.69) is 9.88 Å². The molecule has 0 aliphatic carbocycles. The van der Waals surface area contributed by atoms with Crippen molar-refractivity contribution in [3.63, 3.8) is 0 Å². The maximum Gasteiger partial charge on any atom is 0.335 e. The minimum atomic E-state index is -0.874. The quantitative estimate of drug-likeness (QED) is 0.895. The molecule has 2 aromatic rings. The SMILES string of the molecule is Cc1cc(N2CCc3cc(C(=O)O)ccc32)ccn1. The van der Waals surface area contributed by atoms with Crippen molar-refractivity contribution in [2.24, 2.45) is 0 Å². The number of pyridine rings is 1. The van der Waals surface area contributed by atoms with Crippen LogP contribution in [0.2, 0.25) is 0 Å². The van der Waals surface area contributed by atoms with Crippen LogP contribution in [-0.4, -0.2) is 22.6 Å². The number of anilines is 2. The number of nitrogens with zero attached hydrogens (tertiary/aromatic N) is 2. The molecule has 0 saturated carbocycles. The maximum atomic E-state index is 11.0. The summed E-state index contributed by atoms with van der Waals surface area (Å²) in [6.07, 6.45) is 2.67. The molecule has 4 nitrogen and oxygen atoms in total. The molecule has 96 valence electrons. The van der Waals surface area contributed by atoms with Crippen molar-refractivity contribution in [2.45, 2.75) is 13.3 Å². The Hall–Kier alpha value is -2.36. The summed E-state index contributed by atoms with van der Waals surface area (Å²) in [5.41, 5.74) is 4.62. The number of carbonyl (C=O) groups is 1. The highest BCUT2D eigenvalue weighted by atomic mass is 16.4. The Bertz CT molecular complexity index is 652. The molecule has 0 bridgehead atoms. The summed E-state index contributed by atoms with van der Waals surface area (Å²) in [4.78, 5) is 17.4. The molecule has 1 aliphatic rings. The van der Waals surface area contributed by atoms with Crippen molar-refractivity contribution in [1.29, 1.82) is 0 Å². The lowest BCUT2D eigenvalue weighted by Crippen LogP contribution is -2.13. The van der Waals surface area contributed by atoms with E-state index in [0.29, 0.717) is 5.56 Å². The number of fused-ring (bicyclic) bond motifs is 1. The van der Waals surface area contributed by atoms with Crippen LogP contribution in [0.25, 0.3) is 0 Å². The summed E-state index contributed by atoms with van der Waals surface area (Å²) in [6, 6.07) is 9.34. The van der Waals surface area contributed by atoms with Gasteiger partial charge >= 0.3 is 5.97 Å². The predicted octanol–water partition coefficient (Wildman–Crippen LogP) is 2.78. The molecule has 4 heteroatoms. The van der Waals surface area contributed by atoms with Crippen molar-refractivity contribution in [3.8, 4) is 0 Å². The number of rotatable bonds is 2. The summed E-state index contributed by atoms with van der Waals surface area (Å²) >= 11 is 0. The van der Waals surface area contributed by atoms with Gasteiger partial charge in [0.25, 0.3) is 0 Å². The number of aromatic nitrogens is 1. The fourth-order valence-electron chi connectivity index (χ4n) is 2.50. The first-order valence-electron chi connectivity index (χ1n) is 6.21. The zero-order valence-corrected chi connectivity index (χ0v) is 10.6. The van der Waals surface area contributed by atoms with E-state index in [1.165, 1.54) is 0 Å². The van der Waals surface area contributed by atoms with Crippen LogP contribution in [0.1, 0.15) is 21.6 Å². The van der Waals surface area contributed by atoms with Gasteiger partial charge in [-0.1, -0.05) is 0 Å². The Morgan fingerprint density at radius 3 is 2.89 bits per heavy atom. The first-order chi connectivity index (χ1) is 9.15. The Balaban J connectivity index is 2.01. The van der Waals surface area contributed by atoms with Gasteiger partial charge < -0.3 is 10.0 Å². The summed E-state index contributed by atoms with van der Waals surface area (Å²) < 4.78 is 0. The second-order valence-electron chi connectivity index (χ2n) is 4.71. The molecule has 1 aromatic heterocycles. The smallest absolute Gasteiger partial charge is 0.335 e. The van der Waals surface area contributed by atoms with E-state index >= 15 is 0 Å². The van der Waals surface area contributed by atoms with E-state index in [1.807, 2.05) is 25.1 Å². The van der Waals surface area contributed by atoms with Crippen LogP contribution in [0.4, 0.5) is 11.4 Å². The van der Waals surface area contributed by atoms with Gasteiger partial charge in [-0.3, -0.25) is 4.98 Å². The van der Waals surface area contributed by atoms with E-state index in [4.69, 9.17) is 5.11 Å². The number of hydrogen-bond donors (Lipinski definition) is 1. The Kier molecular flexibility index (Phi) is 2.71. The van der Waals surface area contributed by atoms with Gasteiger partial charge in [0.05, 0.1) is 5.56 Å². The van der Waals surface area contributed by atoms with Gasteiger partial charge in [0.2, 0.25) is 0 Å². The molecular formula is C15H14N2O2. The van der Waals surface area contributed by atoms with Crippen LogP contribution in [-0.2, 0) is 6.42 Å². The second-order valence-corrected chi connectivity index (χ2v) is 4.71. The van der Waals surface area contributed by atoms with E-state index in [9.17, 15) is 4.79 Å². The predicted molar refractivity (Wildman–Crippen MR) is 73.1 cm³/mol. The van der Waals surface area contributed by atoms with Crippen LogP contribution in [0.3, 0.4) is 0 Å². The fourth-order valence-corrected chi connectivity index (χ4v) is 2.50. The van der Waals surface area contributed by atoms with Gasteiger partial charge in [-0.05, 0) is 49.2 Å². The standard InChI is InChI=1S/C15H14N2O2/c1-10-8-13(4-6-16-10)17-7-5-11-9-12(15(18)19)2-3-14(11)17/h2-4,6,8-9H,5,7H2,1H3,(H,18,19). The first kappa shape index (κ1) is 11.7. The third-order valence-corrected chi connectivity index (χ3v) is 3.41. The summed E-state index contributed by atoms with van der Waals surface area (Å²) in [7, 11) is 0. The minimum Gasteiger partial charge on any atom is -0.478 e. The summed E-state index contributed by atoms with van der Waals surface area (Å²) in [5.74, 6) is -0.874. The molecule has 0 atom stereocenters. The number of aromatic carboxylic acids is 1. The summed E-state index contributed by atoms with van der Waals surface area (Å²) in [5, 5.41) is 9.01. The van der Waals surface area contributed by atoms with E-state index in [0.717, 1.165) is 35.6 Å². The normalized spacial score (nSPS) is 13.4. The molecule has 0 fully saturated rings. The zero-order chi connectivity index (χ0) is 13.4. The minimum absolute atomic E-state index is 0.353. The third kappa shape index (κ3) is 2.05. The molecule has 3 rings (SSSR count). The zero-order valence-electron chi connectivity index (χ0n) is 10.6. The molecule has 2 heterocycles. The number of carboxylic acids is 1. The van der Waals surface area contributed by atoms with Crippen LogP contribution in [0.15, 0.2) is 36.5 Å². The molecule has 0 saturated heterocycles. The monoisotopic (exact) mass is 254 g/mol. The Labute approximate surface area is 111 Å². The molecule has 1 N–H and O–H groups in total.